The highest BCUT2D eigenvalue weighted by Gasteiger charge is 2.27. The van der Waals surface area contributed by atoms with Crippen LogP contribution in [-0.2, 0) is 14.8 Å². The lowest BCUT2D eigenvalue weighted by atomic mass is 10.0. The molecule has 1 aliphatic heterocycles. The van der Waals surface area contributed by atoms with Gasteiger partial charge >= 0.3 is 0 Å². The molecular formula is C14H29N3O3S. The standard InChI is InChI=1S/C14H29N3O3S/c1-3-10-21(19,20)17-8-6-13(7-9-17)16-14(18)5-4-12(2)11-15/h12-13H,3-11,15H2,1-2H3,(H,16,18). The molecule has 0 aliphatic carbocycles. The number of piperidine rings is 1. The number of carbonyl (C=O) groups is 1. The van der Waals surface area contributed by atoms with E-state index in [1.165, 1.54) is 0 Å². The van der Waals surface area contributed by atoms with Gasteiger partial charge in [-0.15, -0.1) is 0 Å². The summed E-state index contributed by atoms with van der Waals surface area (Å²) in [5.74, 6) is 0.614. The molecule has 1 fully saturated rings. The third-order valence-corrected chi connectivity index (χ3v) is 6.02. The Hall–Kier alpha value is -0.660. The molecule has 124 valence electrons. The Balaban J connectivity index is 2.32. The van der Waals surface area contributed by atoms with Crippen LogP contribution in [0.3, 0.4) is 0 Å². The largest absolute Gasteiger partial charge is 0.353 e. The first kappa shape index (κ1) is 18.4. The second-order valence-electron chi connectivity index (χ2n) is 5.94. The van der Waals surface area contributed by atoms with Crippen LogP contribution in [0.1, 0.15) is 46.0 Å². The molecule has 0 radical (unpaired) electrons. The molecule has 0 aromatic carbocycles. The first-order valence-corrected chi connectivity index (χ1v) is 9.47. The predicted molar refractivity (Wildman–Crippen MR) is 84.3 cm³/mol. The molecule has 1 unspecified atom stereocenters. The Morgan fingerprint density at radius 3 is 2.52 bits per heavy atom. The molecule has 21 heavy (non-hydrogen) atoms. The summed E-state index contributed by atoms with van der Waals surface area (Å²) >= 11 is 0. The monoisotopic (exact) mass is 319 g/mol. The SMILES string of the molecule is CCCS(=O)(=O)N1CCC(NC(=O)CCC(C)CN)CC1. The van der Waals surface area contributed by atoms with Crippen molar-refractivity contribution in [2.75, 3.05) is 25.4 Å². The average Bonchev–Trinajstić information content (AvgIpc) is 2.45. The number of carbonyl (C=O) groups excluding carboxylic acids is 1. The van der Waals surface area contributed by atoms with Crippen LogP contribution in [0.15, 0.2) is 0 Å². The zero-order chi connectivity index (χ0) is 15.9. The van der Waals surface area contributed by atoms with Gasteiger partial charge in [-0.2, -0.15) is 0 Å². The minimum Gasteiger partial charge on any atom is -0.353 e. The minimum absolute atomic E-state index is 0.0464. The van der Waals surface area contributed by atoms with E-state index in [0.717, 1.165) is 6.42 Å². The summed E-state index contributed by atoms with van der Waals surface area (Å²) < 4.78 is 25.5. The van der Waals surface area contributed by atoms with Crippen molar-refractivity contribution >= 4 is 15.9 Å². The van der Waals surface area contributed by atoms with Crippen molar-refractivity contribution in [3.63, 3.8) is 0 Å². The summed E-state index contributed by atoms with van der Waals surface area (Å²) in [5, 5.41) is 3.00. The number of nitrogens with zero attached hydrogens (tertiary/aromatic N) is 1. The highest BCUT2D eigenvalue weighted by Crippen LogP contribution is 2.15. The second kappa shape index (κ2) is 8.70. The summed E-state index contributed by atoms with van der Waals surface area (Å²) in [5.41, 5.74) is 5.53. The fourth-order valence-electron chi connectivity index (χ4n) is 2.46. The molecule has 0 saturated carbocycles. The fourth-order valence-corrected chi connectivity index (χ4v) is 4.00. The van der Waals surface area contributed by atoms with E-state index in [4.69, 9.17) is 5.73 Å². The molecular weight excluding hydrogens is 290 g/mol. The van der Waals surface area contributed by atoms with Crippen LogP contribution in [0.4, 0.5) is 0 Å². The maximum absolute atomic E-state index is 12.0. The molecule has 1 aliphatic rings. The number of sulfonamides is 1. The lowest BCUT2D eigenvalue weighted by Crippen LogP contribution is -2.47. The zero-order valence-electron chi connectivity index (χ0n) is 13.2. The molecule has 1 atom stereocenters. The normalized spacial score (nSPS) is 19.4. The van der Waals surface area contributed by atoms with Gasteiger partial charge in [0.1, 0.15) is 0 Å². The average molecular weight is 319 g/mol. The predicted octanol–water partition coefficient (Wildman–Crippen LogP) is 0.682. The van der Waals surface area contributed by atoms with Crippen molar-refractivity contribution in [2.45, 2.75) is 52.0 Å². The van der Waals surface area contributed by atoms with E-state index in [1.54, 1.807) is 4.31 Å². The van der Waals surface area contributed by atoms with Crippen LogP contribution in [0, 0.1) is 5.92 Å². The van der Waals surface area contributed by atoms with E-state index in [-0.39, 0.29) is 17.7 Å². The molecule has 7 heteroatoms. The van der Waals surface area contributed by atoms with E-state index in [1.807, 2.05) is 13.8 Å². The van der Waals surface area contributed by atoms with E-state index < -0.39 is 10.0 Å². The van der Waals surface area contributed by atoms with Gasteiger partial charge in [0.25, 0.3) is 0 Å². The molecule has 0 bridgehead atoms. The van der Waals surface area contributed by atoms with Crippen molar-refractivity contribution in [2.24, 2.45) is 11.7 Å². The van der Waals surface area contributed by atoms with Crippen LogP contribution < -0.4 is 11.1 Å². The van der Waals surface area contributed by atoms with E-state index in [0.29, 0.717) is 51.2 Å². The van der Waals surface area contributed by atoms with Crippen LogP contribution in [0.5, 0.6) is 0 Å². The van der Waals surface area contributed by atoms with Gasteiger partial charge in [0.05, 0.1) is 5.75 Å². The molecule has 1 rings (SSSR count). The van der Waals surface area contributed by atoms with Gasteiger partial charge in [-0.05, 0) is 38.1 Å². The van der Waals surface area contributed by atoms with E-state index in [2.05, 4.69) is 5.32 Å². The highest BCUT2D eigenvalue weighted by atomic mass is 32.2. The Kier molecular flexibility index (Phi) is 7.62. The van der Waals surface area contributed by atoms with Crippen molar-refractivity contribution in [3.8, 4) is 0 Å². The Morgan fingerprint density at radius 2 is 2.00 bits per heavy atom. The second-order valence-corrected chi connectivity index (χ2v) is 8.02. The smallest absolute Gasteiger partial charge is 0.220 e. The van der Waals surface area contributed by atoms with Gasteiger partial charge in [-0.25, -0.2) is 12.7 Å². The summed E-state index contributed by atoms with van der Waals surface area (Å²) in [6.07, 6.45) is 3.32. The van der Waals surface area contributed by atoms with E-state index >= 15 is 0 Å². The lowest BCUT2D eigenvalue weighted by molar-refractivity contribution is -0.122. The van der Waals surface area contributed by atoms with Gasteiger partial charge in [0.2, 0.25) is 15.9 Å². The molecule has 0 spiro atoms. The topological polar surface area (TPSA) is 92.5 Å². The third-order valence-electron chi connectivity index (χ3n) is 3.94. The van der Waals surface area contributed by atoms with Gasteiger partial charge in [-0.3, -0.25) is 4.79 Å². The molecule has 0 aromatic rings. The molecule has 6 nitrogen and oxygen atoms in total. The summed E-state index contributed by atoms with van der Waals surface area (Å²) in [4.78, 5) is 11.8. The van der Waals surface area contributed by atoms with Crippen molar-refractivity contribution in [3.05, 3.63) is 0 Å². The summed E-state index contributed by atoms with van der Waals surface area (Å²) in [6.45, 7) is 5.51. The van der Waals surface area contributed by atoms with Gasteiger partial charge < -0.3 is 11.1 Å². The Bertz CT molecular complexity index is 417. The molecule has 0 aromatic heterocycles. The lowest BCUT2D eigenvalue weighted by Gasteiger charge is -2.31. The quantitative estimate of drug-likeness (QED) is 0.688. The Labute approximate surface area is 128 Å². The number of hydrogen-bond acceptors (Lipinski definition) is 4. The third kappa shape index (κ3) is 6.32. The van der Waals surface area contributed by atoms with Crippen molar-refractivity contribution in [1.29, 1.82) is 0 Å². The first-order valence-electron chi connectivity index (χ1n) is 7.86. The zero-order valence-corrected chi connectivity index (χ0v) is 14.0. The summed E-state index contributed by atoms with van der Waals surface area (Å²) in [7, 11) is -3.10. The van der Waals surface area contributed by atoms with Gasteiger partial charge in [0.15, 0.2) is 0 Å². The summed E-state index contributed by atoms with van der Waals surface area (Å²) in [6, 6.07) is 0.0961. The van der Waals surface area contributed by atoms with Crippen LogP contribution in [-0.4, -0.2) is 50.1 Å². The van der Waals surface area contributed by atoms with Crippen molar-refractivity contribution in [1.82, 2.24) is 9.62 Å². The molecule has 1 heterocycles. The maximum Gasteiger partial charge on any atom is 0.220 e. The number of nitrogens with two attached hydrogens (primary N) is 1. The van der Waals surface area contributed by atoms with Gasteiger partial charge in [0, 0.05) is 25.6 Å². The molecule has 1 amide bonds. The van der Waals surface area contributed by atoms with Crippen LogP contribution >= 0.6 is 0 Å². The van der Waals surface area contributed by atoms with Crippen LogP contribution in [0.2, 0.25) is 0 Å². The van der Waals surface area contributed by atoms with Crippen LogP contribution in [0.25, 0.3) is 0 Å². The molecule has 3 N–H and O–H groups in total. The fraction of sp³-hybridized carbons (Fsp3) is 0.929. The molecule has 1 saturated heterocycles. The van der Waals surface area contributed by atoms with Crippen molar-refractivity contribution < 1.29 is 13.2 Å². The number of rotatable bonds is 8. The number of hydrogen-bond donors (Lipinski definition) is 2. The van der Waals surface area contributed by atoms with E-state index in [9.17, 15) is 13.2 Å². The maximum atomic E-state index is 12.0. The number of amides is 1. The number of nitrogens with one attached hydrogen (secondary N) is 1. The highest BCUT2D eigenvalue weighted by molar-refractivity contribution is 7.89. The van der Waals surface area contributed by atoms with Gasteiger partial charge in [-0.1, -0.05) is 13.8 Å². The Morgan fingerprint density at radius 1 is 1.38 bits per heavy atom. The first-order chi connectivity index (χ1) is 9.89. The minimum atomic E-state index is -3.10.